The first-order chi connectivity index (χ1) is 5.95. The molecule has 2 saturated carbocycles. The van der Waals surface area contributed by atoms with E-state index in [1.54, 1.807) is 0 Å². The van der Waals surface area contributed by atoms with E-state index in [1.807, 2.05) is 0 Å². The summed E-state index contributed by atoms with van der Waals surface area (Å²) in [4.78, 5) is 0.885. The molecule has 2 aliphatic carbocycles. The van der Waals surface area contributed by atoms with Gasteiger partial charge in [0, 0.05) is 16.2 Å². The number of rotatable bonds is 0. The molecule has 0 aliphatic heterocycles. The van der Waals surface area contributed by atoms with Gasteiger partial charge in [-0.25, -0.2) is 0 Å². The summed E-state index contributed by atoms with van der Waals surface area (Å²) in [6, 6.07) is 0. The van der Waals surface area contributed by atoms with E-state index in [2.05, 4.69) is 25.9 Å². The van der Waals surface area contributed by atoms with Gasteiger partial charge in [0.15, 0.2) is 0 Å². The van der Waals surface area contributed by atoms with Gasteiger partial charge in [0.25, 0.3) is 0 Å². The topological polar surface area (TPSA) is 32.6 Å². The third-order valence-corrected chi connectivity index (χ3v) is 5.06. The molecule has 0 aromatic carbocycles. The largest absolute Gasteiger partial charge is 0.411 e. The van der Waals surface area contributed by atoms with Crippen molar-refractivity contribution >= 4 is 22.8 Å². The van der Waals surface area contributed by atoms with Gasteiger partial charge in [-0.1, -0.05) is 38.1 Å². The highest BCUT2D eigenvalue weighted by Gasteiger charge is 2.62. The van der Waals surface area contributed by atoms with E-state index < -0.39 is 0 Å². The van der Waals surface area contributed by atoms with Gasteiger partial charge in [0.05, 0.1) is 5.71 Å². The lowest BCUT2D eigenvalue weighted by Crippen LogP contribution is -2.32. The Morgan fingerprint density at radius 3 is 2.38 bits per heavy atom. The maximum atomic E-state index is 8.91. The molecule has 0 saturated heterocycles. The summed E-state index contributed by atoms with van der Waals surface area (Å²) in [5.41, 5.74) is 1.02. The van der Waals surface area contributed by atoms with Crippen LogP contribution in [0.3, 0.4) is 0 Å². The van der Waals surface area contributed by atoms with Crippen LogP contribution in [0.1, 0.15) is 33.6 Å². The predicted octanol–water partition coefficient (Wildman–Crippen LogP) is 2.64. The van der Waals surface area contributed by atoms with Crippen molar-refractivity contribution in [2.24, 2.45) is 21.9 Å². The van der Waals surface area contributed by atoms with E-state index in [1.165, 1.54) is 0 Å². The van der Waals surface area contributed by atoms with Crippen molar-refractivity contribution in [1.82, 2.24) is 0 Å². The Morgan fingerprint density at radius 2 is 2.08 bits per heavy atom. The predicted molar refractivity (Wildman–Crippen MR) is 56.4 cm³/mol. The molecule has 2 fully saturated rings. The Morgan fingerprint density at radius 1 is 1.46 bits per heavy atom. The molecule has 0 aromatic heterocycles. The van der Waals surface area contributed by atoms with Crippen LogP contribution in [-0.4, -0.2) is 15.8 Å². The highest BCUT2D eigenvalue weighted by Crippen LogP contribution is 2.62. The SMILES string of the molecule is CC12CCC(/C(=N\O)C1=S)C2(C)C. The summed E-state index contributed by atoms with van der Waals surface area (Å²) in [5, 5.41) is 12.3. The molecule has 0 aromatic rings. The smallest absolute Gasteiger partial charge is 0.0976 e. The summed E-state index contributed by atoms with van der Waals surface area (Å²) >= 11 is 5.36. The standard InChI is InChI=1S/C10H15NOS/c1-9(2)6-4-5-10(9,3)8(13)7(6)11-12/h6,12H,4-5H2,1-3H3/b11-7+. The molecule has 3 heteroatoms. The fourth-order valence-electron chi connectivity index (χ4n) is 2.94. The Labute approximate surface area is 84.0 Å². The normalized spacial score (nSPS) is 44.7. The van der Waals surface area contributed by atoms with Crippen LogP contribution >= 0.6 is 12.2 Å². The van der Waals surface area contributed by atoms with Crippen LogP contribution in [0.2, 0.25) is 0 Å². The van der Waals surface area contributed by atoms with Gasteiger partial charge < -0.3 is 5.21 Å². The highest BCUT2D eigenvalue weighted by molar-refractivity contribution is 7.82. The second kappa shape index (κ2) is 2.32. The lowest BCUT2D eigenvalue weighted by Gasteiger charge is -2.33. The van der Waals surface area contributed by atoms with Gasteiger partial charge in [-0.15, -0.1) is 0 Å². The summed E-state index contributed by atoms with van der Waals surface area (Å²) < 4.78 is 0. The zero-order valence-corrected chi connectivity index (χ0v) is 9.11. The molecule has 0 radical (unpaired) electrons. The van der Waals surface area contributed by atoms with Crippen LogP contribution in [0.4, 0.5) is 0 Å². The average molecular weight is 197 g/mol. The summed E-state index contributed by atoms with van der Waals surface area (Å²) in [6.07, 6.45) is 2.26. The van der Waals surface area contributed by atoms with Gasteiger partial charge in [-0.2, -0.15) is 0 Å². The Bertz CT molecular complexity index is 308. The first-order valence-corrected chi connectivity index (χ1v) is 5.13. The number of nitrogens with zero attached hydrogens (tertiary/aromatic N) is 1. The van der Waals surface area contributed by atoms with Gasteiger partial charge in [0.1, 0.15) is 0 Å². The van der Waals surface area contributed by atoms with Crippen molar-refractivity contribution in [3.63, 3.8) is 0 Å². The molecule has 2 atom stereocenters. The monoisotopic (exact) mass is 197 g/mol. The van der Waals surface area contributed by atoms with Crippen molar-refractivity contribution in [3.05, 3.63) is 0 Å². The maximum Gasteiger partial charge on any atom is 0.0976 e. The van der Waals surface area contributed by atoms with Gasteiger partial charge >= 0.3 is 0 Å². The lowest BCUT2D eigenvalue weighted by molar-refractivity contribution is 0.208. The molecule has 2 unspecified atom stereocenters. The second-order valence-corrected chi connectivity index (χ2v) is 5.37. The fourth-order valence-corrected chi connectivity index (χ4v) is 3.49. The third-order valence-electron chi connectivity index (χ3n) is 4.40. The first-order valence-electron chi connectivity index (χ1n) is 4.72. The first kappa shape index (κ1) is 9.13. The van der Waals surface area contributed by atoms with Crippen molar-refractivity contribution < 1.29 is 5.21 Å². The minimum absolute atomic E-state index is 0.0779. The minimum atomic E-state index is 0.0779. The number of fused-ring (bicyclic) bond motifs is 2. The van der Waals surface area contributed by atoms with Crippen LogP contribution < -0.4 is 0 Å². The number of hydrogen-bond acceptors (Lipinski definition) is 3. The molecule has 2 bridgehead atoms. The van der Waals surface area contributed by atoms with E-state index in [0.717, 1.165) is 23.4 Å². The molecule has 72 valence electrons. The Balaban J connectivity index is 2.57. The third kappa shape index (κ3) is 0.790. The highest BCUT2D eigenvalue weighted by atomic mass is 32.1. The lowest BCUT2D eigenvalue weighted by atomic mass is 9.71. The summed E-state index contributed by atoms with van der Waals surface area (Å²) in [7, 11) is 0. The molecule has 0 amide bonds. The molecular formula is C10H15NOS. The van der Waals surface area contributed by atoms with Gasteiger partial charge in [-0.05, 0) is 18.3 Å². The fraction of sp³-hybridized carbons (Fsp3) is 0.800. The molecule has 2 aliphatic rings. The minimum Gasteiger partial charge on any atom is -0.411 e. The van der Waals surface area contributed by atoms with Crippen LogP contribution in [0.5, 0.6) is 0 Å². The van der Waals surface area contributed by atoms with E-state index in [4.69, 9.17) is 17.4 Å². The van der Waals surface area contributed by atoms with Crippen molar-refractivity contribution in [3.8, 4) is 0 Å². The second-order valence-electron chi connectivity index (χ2n) is 4.96. The van der Waals surface area contributed by atoms with Crippen molar-refractivity contribution in [2.75, 3.05) is 0 Å². The molecule has 0 spiro atoms. The number of oxime groups is 1. The van der Waals surface area contributed by atoms with E-state index in [9.17, 15) is 0 Å². The summed E-state index contributed by atoms with van der Waals surface area (Å²) in [6.45, 7) is 6.66. The van der Waals surface area contributed by atoms with Crippen LogP contribution in [0, 0.1) is 16.7 Å². The molecule has 2 nitrogen and oxygen atoms in total. The van der Waals surface area contributed by atoms with E-state index in [-0.39, 0.29) is 10.8 Å². The summed E-state index contributed by atoms with van der Waals surface area (Å²) in [5.74, 6) is 0.370. The molecule has 0 heterocycles. The molecule has 1 N–H and O–H groups in total. The Hall–Kier alpha value is -0.440. The maximum absolute atomic E-state index is 8.91. The quantitative estimate of drug-likeness (QED) is 0.368. The number of hydrogen-bond donors (Lipinski definition) is 1. The van der Waals surface area contributed by atoms with Crippen LogP contribution in [-0.2, 0) is 0 Å². The molecular weight excluding hydrogens is 182 g/mol. The Kier molecular flexibility index (Phi) is 1.63. The molecule has 13 heavy (non-hydrogen) atoms. The average Bonchev–Trinajstić information content (AvgIpc) is 2.36. The van der Waals surface area contributed by atoms with Gasteiger partial charge in [-0.3, -0.25) is 0 Å². The van der Waals surface area contributed by atoms with E-state index >= 15 is 0 Å². The molecule has 2 rings (SSSR count). The zero-order valence-electron chi connectivity index (χ0n) is 8.29. The van der Waals surface area contributed by atoms with Crippen molar-refractivity contribution in [1.29, 1.82) is 0 Å². The van der Waals surface area contributed by atoms with Crippen LogP contribution in [0.15, 0.2) is 5.16 Å². The van der Waals surface area contributed by atoms with Crippen LogP contribution in [0.25, 0.3) is 0 Å². The zero-order chi connectivity index (χ0) is 9.85. The van der Waals surface area contributed by atoms with E-state index in [0.29, 0.717) is 5.92 Å². The van der Waals surface area contributed by atoms with Crippen molar-refractivity contribution in [2.45, 2.75) is 33.6 Å². The number of thiocarbonyl (C=S) groups is 1. The van der Waals surface area contributed by atoms with Gasteiger partial charge in [0.2, 0.25) is 0 Å².